The normalized spacial score (nSPS) is 15.4. The fourth-order valence-electron chi connectivity index (χ4n) is 3.48. The van der Waals surface area contributed by atoms with Crippen LogP contribution < -0.4 is 20.9 Å². The number of thiocarbonyl (C=S) groups is 1. The van der Waals surface area contributed by atoms with Gasteiger partial charge in [0.1, 0.15) is 0 Å². The standard InChI is InChI=1S/C24H20N4O3S/c1-31-23(30)17-12-10-16(11-13-17)21-19(22(29)26-18-9-5-6-14-25-18)20(27-24(32)28-21)15-7-3-2-4-8-15/h2-14,21H,1H3,(H,25,26,29)(H2,27,28,32)/p+1. The Kier molecular flexibility index (Phi) is 6.23. The van der Waals surface area contributed by atoms with Crippen LogP contribution in [-0.4, -0.2) is 24.1 Å². The van der Waals surface area contributed by atoms with E-state index in [-0.39, 0.29) is 5.91 Å². The maximum absolute atomic E-state index is 13.5. The number of rotatable bonds is 5. The Morgan fingerprint density at radius 2 is 1.72 bits per heavy atom. The second kappa shape index (κ2) is 9.40. The summed E-state index contributed by atoms with van der Waals surface area (Å²) in [5.74, 6) is -0.162. The lowest BCUT2D eigenvalue weighted by atomic mass is 9.91. The molecule has 0 radical (unpaired) electrons. The fourth-order valence-corrected chi connectivity index (χ4v) is 3.70. The van der Waals surface area contributed by atoms with Crippen molar-refractivity contribution in [1.82, 2.24) is 10.6 Å². The van der Waals surface area contributed by atoms with E-state index in [2.05, 4.69) is 20.9 Å². The van der Waals surface area contributed by atoms with Gasteiger partial charge in [-0.2, -0.15) is 0 Å². The zero-order chi connectivity index (χ0) is 22.5. The van der Waals surface area contributed by atoms with Crippen LogP contribution >= 0.6 is 12.2 Å². The van der Waals surface area contributed by atoms with E-state index in [1.54, 1.807) is 36.5 Å². The molecule has 0 bridgehead atoms. The molecular weight excluding hydrogens is 424 g/mol. The van der Waals surface area contributed by atoms with E-state index in [1.165, 1.54) is 7.11 Å². The van der Waals surface area contributed by atoms with Crippen molar-refractivity contribution in [2.45, 2.75) is 6.04 Å². The summed E-state index contributed by atoms with van der Waals surface area (Å²) in [6, 6.07) is 21.3. The summed E-state index contributed by atoms with van der Waals surface area (Å²) in [5.41, 5.74) is 3.11. The molecule has 0 aliphatic carbocycles. The average molecular weight is 446 g/mol. The summed E-state index contributed by atoms with van der Waals surface area (Å²) in [4.78, 5) is 28.3. The largest absolute Gasteiger partial charge is 0.465 e. The van der Waals surface area contributed by atoms with Gasteiger partial charge in [-0.15, -0.1) is 0 Å². The molecule has 32 heavy (non-hydrogen) atoms. The molecule has 4 rings (SSSR count). The molecule has 1 atom stereocenters. The van der Waals surface area contributed by atoms with Crippen LogP contribution in [0.2, 0.25) is 0 Å². The highest BCUT2D eigenvalue weighted by atomic mass is 32.1. The Hall–Kier alpha value is -4.04. The number of amides is 1. The molecule has 1 amide bonds. The number of anilines is 1. The molecule has 1 aromatic heterocycles. The van der Waals surface area contributed by atoms with E-state index in [0.717, 1.165) is 11.1 Å². The molecule has 1 unspecified atom stereocenters. The van der Waals surface area contributed by atoms with Gasteiger partial charge >= 0.3 is 11.9 Å². The van der Waals surface area contributed by atoms with Gasteiger partial charge in [-0.25, -0.2) is 19.9 Å². The Bertz CT molecular complexity index is 1180. The van der Waals surface area contributed by atoms with Crippen molar-refractivity contribution in [3.63, 3.8) is 0 Å². The molecule has 160 valence electrons. The quantitative estimate of drug-likeness (QED) is 0.413. The number of carbonyl (C=O) groups is 2. The average Bonchev–Trinajstić information content (AvgIpc) is 2.84. The third-order valence-corrected chi connectivity index (χ3v) is 5.22. The first-order chi connectivity index (χ1) is 15.6. The summed E-state index contributed by atoms with van der Waals surface area (Å²) in [6.45, 7) is 0. The number of hydrogen-bond acceptors (Lipinski definition) is 4. The number of benzene rings is 2. The molecular formula is C24H21N4O3S+. The first-order valence-electron chi connectivity index (χ1n) is 9.90. The van der Waals surface area contributed by atoms with Gasteiger partial charge in [0.25, 0.3) is 5.82 Å². The van der Waals surface area contributed by atoms with Crippen LogP contribution in [0.1, 0.15) is 27.5 Å². The van der Waals surface area contributed by atoms with E-state index in [0.29, 0.717) is 27.8 Å². The Labute approximate surface area is 190 Å². The number of nitrogens with one attached hydrogen (secondary N) is 4. The van der Waals surface area contributed by atoms with Gasteiger partial charge in [0, 0.05) is 6.07 Å². The maximum Gasteiger partial charge on any atom is 0.339 e. The second-order valence-electron chi connectivity index (χ2n) is 7.03. The van der Waals surface area contributed by atoms with Crippen LogP contribution in [0.25, 0.3) is 5.70 Å². The summed E-state index contributed by atoms with van der Waals surface area (Å²) in [5, 5.41) is 9.64. The van der Waals surface area contributed by atoms with Gasteiger partial charge in [0.2, 0.25) is 0 Å². The predicted molar refractivity (Wildman–Crippen MR) is 124 cm³/mol. The Morgan fingerprint density at radius 3 is 2.38 bits per heavy atom. The summed E-state index contributed by atoms with van der Waals surface area (Å²) in [6.07, 6.45) is 1.73. The smallest absolute Gasteiger partial charge is 0.339 e. The molecule has 0 spiro atoms. The third-order valence-electron chi connectivity index (χ3n) is 5.00. The van der Waals surface area contributed by atoms with Crippen molar-refractivity contribution in [2.24, 2.45) is 0 Å². The summed E-state index contributed by atoms with van der Waals surface area (Å²) >= 11 is 5.45. The maximum atomic E-state index is 13.5. The van der Waals surface area contributed by atoms with Gasteiger partial charge < -0.3 is 15.4 Å². The number of pyridine rings is 1. The minimum absolute atomic E-state index is 0.296. The van der Waals surface area contributed by atoms with Gasteiger partial charge in [-0.1, -0.05) is 48.5 Å². The molecule has 2 aromatic carbocycles. The van der Waals surface area contributed by atoms with Crippen molar-refractivity contribution < 1.29 is 19.3 Å². The topological polar surface area (TPSA) is 93.6 Å². The predicted octanol–water partition coefficient (Wildman–Crippen LogP) is 2.86. The zero-order valence-electron chi connectivity index (χ0n) is 17.2. The molecule has 8 heteroatoms. The summed E-state index contributed by atoms with van der Waals surface area (Å²) in [7, 11) is 1.33. The van der Waals surface area contributed by atoms with E-state index in [4.69, 9.17) is 17.0 Å². The van der Waals surface area contributed by atoms with Crippen molar-refractivity contribution >= 4 is 40.7 Å². The highest BCUT2D eigenvalue weighted by Gasteiger charge is 2.34. The lowest BCUT2D eigenvalue weighted by molar-refractivity contribution is -0.360. The highest BCUT2D eigenvalue weighted by Crippen LogP contribution is 2.32. The monoisotopic (exact) mass is 445 g/mol. The highest BCUT2D eigenvalue weighted by molar-refractivity contribution is 7.80. The minimum Gasteiger partial charge on any atom is -0.465 e. The van der Waals surface area contributed by atoms with Gasteiger partial charge in [-0.3, -0.25) is 0 Å². The number of H-pyrrole nitrogens is 1. The second-order valence-corrected chi connectivity index (χ2v) is 7.44. The minimum atomic E-state index is -0.533. The van der Waals surface area contributed by atoms with Gasteiger partial charge in [0.05, 0.1) is 36.2 Å². The molecule has 0 saturated carbocycles. The summed E-state index contributed by atoms with van der Waals surface area (Å²) < 4.78 is 4.78. The van der Waals surface area contributed by atoms with Crippen LogP contribution in [0.4, 0.5) is 5.82 Å². The first kappa shape index (κ1) is 21.2. The van der Waals surface area contributed by atoms with E-state index in [1.807, 2.05) is 42.5 Å². The molecule has 1 aliphatic rings. The zero-order valence-corrected chi connectivity index (χ0v) is 18.0. The molecule has 0 fully saturated rings. The van der Waals surface area contributed by atoms with Gasteiger partial charge in [0.15, 0.2) is 5.11 Å². The molecule has 0 saturated heterocycles. The van der Waals surface area contributed by atoms with Crippen molar-refractivity contribution in [3.05, 3.63) is 101 Å². The van der Waals surface area contributed by atoms with E-state index in [9.17, 15) is 9.59 Å². The lowest BCUT2D eigenvalue weighted by Crippen LogP contribution is -2.46. The van der Waals surface area contributed by atoms with Crippen molar-refractivity contribution in [1.29, 1.82) is 0 Å². The molecule has 4 N–H and O–H groups in total. The van der Waals surface area contributed by atoms with Crippen molar-refractivity contribution in [2.75, 3.05) is 12.4 Å². The molecule has 1 aliphatic heterocycles. The van der Waals surface area contributed by atoms with E-state index < -0.39 is 12.0 Å². The fraction of sp³-hybridized carbons (Fsp3) is 0.0833. The first-order valence-corrected chi connectivity index (χ1v) is 10.3. The molecule has 2 heterocycles. The Balaban J connectivity index is 1.80. The number of methoxy groups -OCH3 is 1. The number of hydrogen-bond donors (Lipinski definition) is 3. The van der Waals surface area contributed by atoms with Crippen LogP contribution in [0, 0.1) is 0 Å². The van der Waals surface area contributed by atoms with Crippen LogP contribution in [-0.2, 0) is 9.53 Å². The van der Waals surface area contributed by atoms with Gasteiger partial charge in [-0.05, 0) is 41.5 Å². The Morgan fingerprint density at radius 1 is 1.00 bits per heavy atom. The lowest BCUT2D eigenvalue weighted by Gasteiger charge is -2.30. The number of esters is 1. The SMILES string of the molecule is COC(=O)c1ccc(C2NC(=S)NC(c3ccccc3)=C2C(=O)Nc2cccc[nH+]2)cc1. The number of aromatic nitrogens is 1. The molecule has 3 aromatic rings. The van der Waals surface area contributed by atoms with E-state index >= 15 is 0 Å². The third kappa shape index (κ3) is 4.50. The number of aromatic amines is 1. The van der Waals surface area contributed by atoms with Crippen LogP contribution in [0.3, 0.4) is 0 Å². The van der Waals surface area contributed by atoms with Crippen LogP contribution in [0.5, 0.6) is 0 Å². The number of ether oxygens (including phenoxy) is 1. The van der Waals surface area contributed by atoms with Crippen molar-refractivity contribution in [3.8, 4) is 0 Å². The van der Waals surface area contributed by atoms with Crippen LogP contribution in [0.15, 0.2) is 84.6 Å². The number of carbonyl (C=O) groups excluding carboxylic acids is 2. The molecule has 7 nitrogen and oxygen atoms in total.